The van der Waals surface area contributed by atoms with Crippen molar-refractivity contribution in [2.75, 3.05) is 0 Å². The van der Waals surface area contributed by atoms with Crippen LogP contribution in [0.3, 0.4) is 0 Å². The summed E-state index contributed by atoms with van der Waals surface area (Å²) in [6.07, 6.45) is 2.49. The number of pyridine rings is 1. The Hall–Kier alpha value is -0.740. The second-order valence-electron chi connectivity index (χ2n) is 3.70. The first kappa shape index (κ1) is 12.7. The summed E-state index contributed by atoms with van der Waals surface area (Å²) in [7, 11) is 0. The van der Waals surface area contributed by atoms with Crippen molar-refractivity contribution in [3.8, 4) is 0 Å². The van der Waals surface area contributed by atoms with E-state index in [0.717, 1.165) is 22.2 Å². The number of alkyl halides is 1. The fourth-order valence-electron chi connectivity index (χ4n) is 1.58. The lowest BCUT2D eigenvalue weighted by molar-refractivity contribution is 0.624. The number of rotatable bonds is 3. The zero-order valence-corrected chi connectivity index (χ0v) is 12.1. The summed E-state index contributed by atoms with van der Waals surface area (Å²) in [5.41, 5.74) is 1.89. The smallest absolute Gasteiger partial charge is 0.124 e. The van der Waals surface area contributed by atoms with Gasteiger partial charge in [-0.25, -0.2) is 4.39 Å². The van der Waals surface area contributed by atoms with E-state index in [2.05, 4.69) is 36.8 Å². The molecule has 1 unspecified atom stereocenters. The summed E-state index contributed by atoms with van der Waals surface area (Å²) in [6, 6.07) is 10.7. The van der Waals surface area contributed by atoms with Crippen LogP contribution in [0.4, 0.5) is 4.39 Å². The number of nitrogens with zero attached hydrogens (tertiary/aromatic N) is 1. The highest BCUT2D eigenvalue weighted by Gasteiger charge is 2.11. The average Bonchev–Trinajstić information content (AvgIpc) is 2.29. The topological polar surface area (TPSA) is 12.9 Å². The molecule has 2 rings (SSSR count). The van der Waals surface area contributed by atoms with Gasteiger partial charge in [0.15, 0.2) is 0 Å². The van der Waals surface area contributed by atoms with E-state index in [0.29, 0.717) is 0 Å². The number of halogens is 3. The van der Waals surface area contributed by atoms with Crippen molar-refractivity contribution in [2.24, 2.45) is 0 Å². The fraction of sp³-hybridized carbons (Fsp3) is 0.154. The van der Waals surface area contributed by atoms with Gasteiger partial charge in [0, 0.05) is 27.6 Å². The standard InChI is InChI=1S/C13H10Br2FN/c14-10-5-9(6-11(16)7-10)13(15)8-12-3-1-2-4-17-12/h1-7,13H,8H2. The zero-order valence-electron chi connectivity index (χ0n) is 8.91. The molecule has 0 saturated heterocycles. The molecule has 2 aromatic rings. The molecular formula is C13H10Br2FN. The minimum atomic E-state index is -0.236. The van der Waals surface area contributed by atoms with Gasteiger partial charge >= 0.3 is 0 Å². The molecule has 1 nitrogen and oxygen atoms in total. The van der Waals surface area contributed by atoms with E-state index in [1.807, 2.05) is 24.3 Å². The van der Waals surface area contributed by atoms with Crippen molar-refractivity contribution >= 4 is 31.9 Å². The maximum absolute atomic E-state index is 13.3. The molecule has 0 spiro atoms. The van der Waals surface area contributed by atoms with Crippen LogP contribution < -0.4 is 0 Å². The van der Waals surface area contributed by atoms with Crippen molar-refractivity contribution in [3.63, 3.8) is 0 Å². The van der Waals surface area contributed by atoms with Crippen LogP contribution >= 0.6 is 31.9 Å². The lowest BCUT2D eigenvalue weighted by Crippen LogP contribution is -1.98. The fourth-order valence-corrected chi connectivity index (χ4v) is 2.66. The van der Waals surface area contributed by atoms with E-state index in [1.54, 1.807) is 6.20 Å². The first-order valence-corrected chi connectivity index (χ1v) is 6.86. The van der Waals surface area contributed by atoms with Gasteiger partial charge in [0.2, 0.25) is 0 Å². The van der Waals surface area contributed by atoms with Crippen LogP contribution in [0, 0.1) is 5.82 Å². The van der Waals surface area contributed by atoms with Crippen LogP contribution in [0.25, 0.3) is 0 Å². The monoisotopic (exact) mass is 357 g/mol. The molecule has 1 aromatic carbocycles. The molecule has 0 radical (unpaired) electrons. The molecule has 88 valence electrons. The van der Waals surface area contributed by atoms with Gasteiger partial charge in [-0.1, -0.05) is 37.9 Å². The highest BCUT2D eigenvalue weighted by Crippen LogP contribution is 2.29. The quantitative estimate of drug-likeness (QED) is 0.727. The largest absolute Gasteiger partial charge is 0.261 e. The van der Waals surface area contributed by atoms with Crippen LogP contribution in [0.2, 0.25) is 0 Å². The minimum absolute atomic E-state index is 0.0596. The van der Waals surface area contributed by atoms with Gasteiger partial charge in [-0.3, -0.25) is 4.98 Å². The van der Waals surface area contributed by atoms with Crippen LogP contribution in [-0.2, 0) is 6.42 Å². The van der Waals surface area contributed by atoms with E-state index in [9.17, 15) is 4.39 Å². The third-order valence-corrected chi connectivity index (χ3v) is 3.67. The zero-order chi connectivity index (χ0) is 12.3. The Labute approximate surface area is 116 Å². The number of hydrogen-bond acceptors (Lipinski definition) is 1. The van der Waals surface area contributed by atoms with Crippen molar-refractivity contribution in [1.82, 2.24) is 4.98 Å². The molecule has 0 bridgehead atoms. The van der Waals surface area contributed by atoms with Crippen molar-refractivity contribution in [1.29, 1.82) is 0 Å². The summed E-state index contributed by atoms with van der Waals surface area (Å²) >= 11 is 6.85. The van der Waals surface area contributed by atoms with Crippen LogP contribution in [0.1, 0.15) is 16.1 Å². The molecule has 1 atom stereocenters. The van der Waals surface area contributed by atoms with E-state index in [-0.39, 0.29) is 10.6 Å². The van der Waals surface area contributed by atoms with E-state index >= 15 is 0 Å². The van der Waals surface area contributed by atoms with Gasteiger partial charge in [-0.05, 0) is 35.9 Å². The molecule has 0 saturated carbocycles. The predicted octanol–water partition coefficient (Wildman–Crippen LogP) is 4.66. The van der Waals surface area contributed by atoms with Gasteiger partial charge in [-0.15, -0.1) is 0 Å². The molecular weight excluding hydrogens is 349 g/mol. The molecule has 0 amide bonds. The van der Waals surface area contributed by atoms with Crippen LogP contribution in [0.5, 0.6) is 0 Å². The molecule has 0 N–H and O–H groups in total. The Bertz CT molecular complexity index is 482. The summed E-state index contributed by atoms with van der Waals surface area (Å²) < 4.78 is 14.0. The van der Waals surface area contributed by atoms with Crippen molar-refractivity contribution < 1.29 is 4.39 Å². The molecule has 0 fully saturated rings. The van der Waals surface area contributed by atoms with Crippen molar-refractivity contribution in [3.05, 3.63) is 64.1 Å². The normalized spacial score (nSPS) is 12.4. The van der Waals surface area contributed by atoms with Crippen LogP contribution in [0.15, 0.2) is 47.1 Å². The number of hydrogen-bond donors (Lipinski definition) is 0. The third kappa shape index (κ3) is 3.61. The highest BCUT2D eigenvalue weighted by molar-refractivity contribution is 9.10. The summed E-state index contributed by atoms with van der Waals surface area (Å²) in [5.74, 6) is -0.236. The second-order valence-corrected chi connectivity index (χ2v) is 5.72. The van der Waals surface area contributed by atoms with Gasteiger partial charge in [0.25, 0.3) is 0 Å². The maximum Gasteiger partial charge on any atom is 0.124 e. The summed E-state index contributed by atoms with van der Waals surface area (Å²) in [6.45, 7) is 0. The Balaban J connectivity index is 2.17. The Morgan fingerprint density at radius 2 is 2.06 bits per heavy atom. The van der Waals surface area contributed by atoms with E-state index in [4.69, 9.17) is 0 Å². The van der Waals surface area contributed by atoms with E-state index < -0.39 is 0 Å². The number of benzene rings is 1. The molecule has 0 aliphatic heterocycles. The molecule has 4 heteroatoms. The molecule has 1 aromatic heterocycles. The van der Waals surface area contributed by atoms with Gasteiger partial charge in [-0.2, -0.15) is 0 Å². The molecule has 1 heterocycles. The predicted molar refractivity (Wildman–Crippen MR) is 73.7 cm³/mol. The lowest BCUT2D eigenvalue weighted by atomic mass is 10.1. The molecule has 17 heavy (non-hydrogen) atoms. The number of aromatic nitrogens is 1. The SMILES string of the molecule is Fc1cc(Br)cc(C(Br)Cc2ccccn2)c1. The molecule has 0 aliphatic rings. The van der Waals surface area contributed by atoms with Crippen LogP contribution in [-0.4, -0.2) is 4.98 Å². The van der Waals surface area contributed by atoms with Gasteiger partial charge in [0.1, 0.15) is 5.82 Å². The average molecular weight is 359 g/mol. The summed E-state index contributed by atoms with van der Waals surface area (Å²) in [4.78, 5) is 4.31. The second kappa shape index (κ2) is 5.74. The highest BCUT2D eigenvalue weighted by atomic mass is 79.9. The van der Waals surface area contributed by atoms with Crippen molar-refractivity contribution in [2.45, 2.75) is 11.2 Å². The Morgan fingerprint density at radius 1 is 1.24 bits per heavy atom. The Morgan fingerprint density at radius 3 is 2.71 bits per heavy atom. The lowest BCUT2D eigenvalue weighted by Gasteiger charge is -2.10. The summed E-state index contributed by atoms with van der Waals surface area (Å²) in [5, 5.41) is 0. The maximum atomic E-state index is 13.3. The third-order valence-electron chi connectivity index (χ3n) is 2.36. The molecule has 0 aliphatic carbocycles. The Kier molecular flexibility index (Phi) is 4.29. The van der Waals surface area contributed by atoms with Gasteiger partial charge < -0.3 is 0 Å². The van der Waals surface area contributed by atoms with E-state index in [1.165, 1.54) is 12.1 Å². The first-order valence-electron chi connectivity index (χ1n) is 5.15. The minimum Gasteiger partial charge on any atom is -0.261 e. The first-order chi connectivity index (χ1) is 8.15. The van der Waals surface area contributed by atoms with Gasteiger partial charge in [0.05, 0.1) is 0 Å².